The van der Waals surface area contributed by atoms with Gasteiger partial charge >= 0.3 is 0 Å². The first-order valence-corrected chi connectivity index (χ1v) is 13.4. The van der Waals surface area contributed by atoms with Crippen LogP contribution in [0.15, 0.2) is 71.9 Å². The average molecular weight is 569 g/mol. The third-order valence-corrected chi connectivity index (χ3v) is 7.77. The van der Waals surface area contributed by atoms with Gasteiger partial charge in [0.05, 0.1) is 20.8 Å². The second-order valence-corrected chi connectivity index (χ2v) is 10.9. The molecule has 1 unspecified atom stereocenters. The minimum atomic E-state index is -4.01. The molecule has 0 saturated carbocycles. The van der Waals surface area contributed by atoms with Crippen molar-refractivity contribution in [3.63, 3.8) is 0 Å². The van der Waals surface area contributed by atoms with Crippen LogP contribution in [0.25, 0.3) is 5.69 Å². The lowest BCUT2D eigenvalue weighted by atomic mass is 9.93. The fourth-order valence-corrected chi connectivity index (χ4v) is 5.19. The molecule has 4 rings (SSSR count). The van der Waals surface area contributed by atoms with E-state index in [9.17, 15) is 12.8 Å². The summed E-state index contributed by atoms with van der Waals surface area (Å²) in [6, 6.07) is 14.2. The summed E-state index contributed by atoms with van der Waals surface area (Å²) >= 11 is 18.2. The standard InChI is InChI=1S/C25H21Cl3FN3O3S/c1-15(16-2-5-20(26)22(28)12-16)10-17-11-18(29)3-7-23(17)32-9-8-31-25(32)14-35-19-4-6-21(27)24(13-19)36(30,33)34/h2-9,11-13,15H,10,14H2,1H3,(H2,30,33,34). The molecule has 3 aromatic carbocycles. The van der Waals surface area contributed by atoms with Crippen LogP contribution in [0, 0.1) is 5.82 Å². The van der Waals surface area contributed by atoms with E-state index in [1.807, 2.05) is 19.1 Å². The van der Waals surface area contributed by atoms with Crippen molar-refractivity contribution in [2.24, 2.45) is 5.14 Å². The first-order chi connectivity index (χ1) is 17.0. The normalized spacial score (nSPS) is 12.5. The van der Waals surface area contributed by atoms with Crippen LogP contribution in [0.1, 0.15) is 29.8 Å². The lowest BCUT2D eigenvalue weighted by molar-refractivity contribution is 0.293. The van der Waals surface area contributed by atoms with E-state index < -0.39 is 10.0 Å². The zero-order chi connectivity index (χ0) is 26.0. The second kappa shape index (κ2) is 10.8. The summed E-state index contributed by atoms with van der Waals surface area (Å²) in [7, 11) is -4.01. The molecule has 0 amide bonds. The van der Waals surface area contributed by atoms with Crippen LogP contribution in [0.2, 0.25) is 15.1 Å². The molecular weight excluding hydrogens is 548 g/mol. The number of nitrogens with zero attached hydrogens (tertiary/aromatic N) is 2. The minimum Gasteiger partial charge on any atom is -0.486 e. The molecule has 36 heavy (non-hydrogen) atoms. The van der Waals surface area contributed by atoms with Crippen LogP contribution in [0.4, 0.5) is 4.39 Å². The maximum absolute atomic E-state index is 14.2. The number of primary sulfonamides is 1. The number of hydrogen-bond acceptors (Lipinski definition) is 4. The fourth-order valence-electron chi connectivity index (χ4n) is 3.82. The monoisotopic (exact) mass is 567 g/mol. The van der Waals surface area contributed by atoms with Gasteiger partial charge in [0.2, 0.25) is 10.0 Å². The maximum atomic E-state index is 14.2. The van der Waals surface area contributed by atoms with Gasteiger partial charge in [0, 0.05) is 18.5 Å². The maximum Gasteiger partial charge on any atom is 0.239 e. The van der Waals surface area contributed by atoms with Crippen molar-refractivity contribution in [3.05, 3.63) is 105 Å². The molecule has 0 aliphatic heterocycles. The Morgan fingerprint density at radius 2 is 1.78 bits per heavy atom. The number of hydrogen-bond donors (Lipinski definition) is 1. The molecule has 2 N–H and O–H groups in total. The highest BCUT2D eigenvalue weighted by Crippen LogP contribution is 2.31. The lowest BCUT2D eigenvalue weighted by Crippen LogP contribution is -2.13. The van der Waals surface area contributed by atoms with Crippen molar-refractivity contribution in [2.45, 2.75) is 30.8 Å². The Kier molecular flexibility index (Phi) is 7.92. The smallest absolute Gasteiger partial charge is 0.239 e. The Morgan fingerprint density at radius 3 is 2.50 bits per heavy atom. The van der Waals surface area contributed by atoms with Gasteiger partial charge in [-0.25, -0.2) is 22.9 Å². The van der Waals surface area contributed by atoms with Gasteiger partial charge in [0.25, 0.3) is 0 Å². The summed E-state index contributed by atoms with van der Waals surface area (Å²) in [5.74, 6) is 0.446. The number of nitrogens with two attached hydrogens (primary N) is 1. The molecule has 1 heterocycles. The van der Waals surface area contributed by atoms with E-state index in [1.54, 1.807) is 29.1 Å². The molecule has 4 aromatic rings. The first kappa shape index (κ1) is 26.4. The zero-order valence-corrected chi connectivity index (χ0v) is 22.0. The fraction of sp³-hybridized carbons (Fsp3) is 0.160. The van der Waals surface area contributed by atoms with Crippen LogP contribution in [-0.2, 0) is 23.1 Å². The van der Waals surface area contributed by atoms with Gasteiger partial charge in [0.15, 0.2) is 5.82 Å². The molecule has 188 valence electrons. The quantitative estimate of drug-likeness (QED) is 0.261. The highest BCUT2D eigenvalue weighted by Gasteiger charge is 2.17. The van der Waals surface area contributed by atoms with Gasteiger partial charge in [-0.3, -0.25) is 0 Å². The number of imidazole rings is 1. The molecule has 1 aromatic heterocycles. The van der Waals surface area contributed by atoms with E-state index in [1.165, 1.54) is 30.3 Å². The van der Waals surface area contributed by atoms with Crippen LogP contribution in [0.3, 0.4) is 0 Å². The summed E-state index contributed by atoms with van der Waals surface area (Å²) in [6.45, 7) is 2.04. The highest BCUT2D eigenvalue weighted by atomic mass is 35.5. The number of benzene rings is 3. The summed E-state index contributed by atoms with van der Waals surface area (Å²) in [5, 5.41) is 6.15. The van der Waals surface area contributed by atoms with Crippen molar-refractivity contribution in [2.75, 3.05) is 0 Å². The van der Waals surface area contributed by atoms with Crippen molar-refractivity contribution in [1.29, 1.82) is 0 Å². The van der Waals surface area contributed by atoms with E-state index in [2.05, 4.69) is 4.98 Å². The third kappa shape index (κ3) is 6.02. The van der Waals surface area contributed by atoms with Crippen molar-refractivity contribution >= 4 is 44.8 Å². The minimum absolute atomic E-state index is 0.00148. The van der Waals surface area contributed by atoms with Gasteiger partial charge in [-0.15, -0.1) is 0 Å². The van der Waals surface area contributed by atoms with E-state index in [-0.39, 0.29) is 34.0 Å². The summed E-state index contributed by atoms with van der Waals surface area (Å²) < 4.78 is 45.3. The number of rotatable bonds is 8. The first-order valence-electron chi connectivity index (χ1n) is 10.7. The SMILES string of the molecule is CC(Cc1cc(F)ccc1-n1ccnc1COc1ccc(Cl)c(S(N)(=O)=O)c1)c1ccc(Cl)c(Cl)c1. The van der Waals surface area contributed by atoms with Gasteiger partial charge in [-0.05, 0) is 65.9 Å². The van der Waals surface area contributed by atoms with E-state index in [0.29, 0.717) is 22.3 Å². The van der Waals surface area contributed by atoms with E-state index in [4.69, 9.17) is 44.7 Å². The number of aromatic nitrogens is 2. The van der Waals surface area contributed by atoms with Gasteiger partial charge in [-0.2, -0.15) is 0 Å². The Morgan fingerprint density at radius 1 is 1.03 bits per heavy atom. The Balaban J connectivity index is 1.60. The second-order valence-electron chi connectivity index (χ2n) is 8.19. The molecular formula is C25H21Cl3FN3O3S. The largest absolute Gasteiger partial charge is 0.486 e. The van der Waals surface area contributed by atoms with E-state index in [0.717, 1.165) is 16.8 Å². The third-order valence-electron chi connectivity index (χ3n) is 5.63. The molecule has 1 atom stereocenters. The molecule has 0 aliphatic carbocycles. The summed E-state index contributed by atoms with van der Waals surface area (Å²) in [5.41, 5.74) is 2.47. The number of sulfonamides is 1. The zero-order valence-electron chi connectivity index (χ0n) is 19.0. The molecule has 0 aliphatic rings. The van der Waals surface area contributed by atoms with Crippen LogP contribution >= 0.6 is 34.8 Å². The molecule has 0 saturated heterocycles. The predicted octanol–water partition coefficient (Wildman–Crippen LogP) is 6.54. The van der Waals surface area contributed by atoms with Gasteiger partial charge < -0.3 is 9.30 Å². The highest BCUT2D eigenvalue weighted by molar-refractivity contribution is 7.89. The number of ether oxygens (including phenoxy) is 1. The molecule has 0 bridgehead atoms. The lowest BCUT2D eigenvalue weighted by Gasteiger charge is -2.18. The topological polar surface area (TPSA) is 87.2 Å². The molecule has 6 nitrogen and oxygen atoms in total. The number of halogens is 4. The summed E-state index contributed by atoms with van der Waals surface area (Å²) in [6.07, 6.45) is 3.88. The van der Waals surface area contributed by atoms with E-state index >= 15 is 0 Å². The molecule has 11 heteroatoms. The molecule has 0 spiro atoms. The van der Waals surface area contributed by atoms with Gasteiger partial charge in [0.1, 0.15) is 23.1 Å². The van der Waals surface area contributed by atoms with Gasteiger partial charge in [-0.1, -0.05) is 47.8 Å². The average Bonchev–Trinajstić information content (AvgIpc) is 3.28. The van der Waals surface area contributed by atoms with Crippen LogP contribution in [-0.4, -0.2) is 18.0 Å². The summed E-state index contributed by atoms with van der Waals surface area (Å²) in [4.78, 5) is 4.13. The Hall–Kier alpha value is -2.62. The van der Waals surface area contributed by atoms with Crippen LogP contribution < -0.4 is 9.88 Å². The van der Waals surface area contributed by atoms with Crippen LogP contribution in [0.5, 0.6) is 5.75 Å². The Labute approximate surface area is 223 Å². The molecule has 0 radical (unpaired) electrons. The van der Waals surface area contributed by atoms with Crippen molar-refractivity contribution in [1.82, 2.24) is 9.55 Å². The molecule has 0 fully saturated rings. The predicted molar refractivity (Wildman–Crippen MR) is 139 cm³/mol. The Bertz CT molecular complexity index is 1530. The van der Waals surface area contributed by atoms with Crippen molar-refractivity contribution < 1.29 is 17.5 Å². The van der Waals surface area contributed by atoms with Crippen molar-refractivity contribution in [3.8, 4) is 11.4 Å².